The highest BCUT2D eigenvalue weighted by atomic mass is 14.1. The van der Waals surface area contributed by atoms with Crippen molar-refractivity contribution in [2.24, 2.45) is 0 Å². The van der Waals surface area contributed by atoms with Crippen LogP contribution >= 0.6 is 0 Å². The van der Waals surface area contributed by atoms with E-state index in [-0.39, 0.29) is 0 Å². The lowest BCUT2D eigenvalue weighted by Gasteiger charge is -2.08. The SMILES string of the molecule is CC.CC.CC.Cc1ccc2c(ccc3c4ccc(C)cc4ccc23)c1. The third kappa shape index (κ3) is 4.43. The van der Waals surface area contributed by atoms with Crippen molar-refractivity contribution in [3.05, 3.63) is 71.8 Å². The summed E-state index contributed by atoms with van der Waals surface area (Å²) in [6, 6.07) is 22.4. The van der Waals surface area contributed by atoms with E-state index in [1.54, 1.807) is 0 Å². The van der Waals surface area contributed by atoms with Gasteiger partial charge in [0.25, 0.3) is 0 Å². The fourth-order valence-electron chi connectivity index (χ4n) is 3.13. The van der Waals surface area contributed by atoms with Crippen molar-refractivity contribution in [2.45, 2.75) is 55.4 Å². The van der Waals surface area contributed by atoms with Gasteiger partial charge in [-0.1, -0.05) is 113 Å². The first-order valence-corrected chi connectivity index (χ1v) is 10.0. The zero-order valence-electron chi connectivity index (χ0n) is 17.8. The van der Waals surface area contributed by atoms with Crippen LogP contribution in [-0.2, 0) is 0 Å². The molecule has 0 N–H and O–H groups in total. The van der Waals surface area contributed by atoms with Crippen LogP contribution in [0.2, 0.25) is 0 Å². The number of hydrogen-bond acceptors (Lipinski definition) is 0. The number of aryl methyl sites for hydroxylation is 2. The first-order chi connectivity index (χ1) is 12.7. The summed E-state index contributed by atoms with van der Waals surface area (Å²) in [5, 5.41) is 8.02. The molecule has 0 spiro atoms. The minimum Gasteiger partial charge on any atom is -0.0683 e. The summed E-state index contributed by atoms with van der Waals surface area (Å²) >= 11 is 0. The average Bonchev–Trinajstić information content (AvgIpc) is 2.71. The van der Waals surface area contributed by atoms with Crippen LogP contribution in [0, 0.1) is 13.8 Å². The number of hydrogen-bond donors (Lipinski definition) is 0. The fraction of sp³-hybridized carbons (Fsp3) is 0.308. The molecule has 0 saturated carbocycles. The highest BCUT2D eigenvalue weighted by Crippen LogP contribution is 2.31. The first kappa shape index (κ1) is 21.7. The first-order valence-electron chi connectivity index (χ1n) is 10.0. The molecule has 0 aromatic heterocycles. The molecule has 0 aliphatic rings. The summed E-state index contributed by atoms with van der Waals surface area (Å²) in [6.07, 6.45) is 0. The van der Waals surface area contributed by atoms with E-state index < -0.39 is 0 Å². The zero-order valence-corrected chi connectivity index (χ0v) is 17.8. The molecular weight excluding hydrogens is 312 g/mol. The molecule has 0 bridgehead atoms. The van der Waals surface area contributed by atoms with Gasteiger partial charge in [-0.15, -0.1) is 0 Å². The van der Waals surface area contributed by atoms with Crippen LogP contribution in [0.15, 0.2) is 60.7 Å². The Balaban J connectivity index is 0.000000515. The van der Waals surface area contributed by atoms with Crippen molar-refractivity contribution in [1.29, 1.82) is 0 Å². The van der Waals surface area contributed by atoms with E-state index in [1.807, 2.05) is 41.5 Å². The van der Waals surface area contributed by atoms with E-state index in [1.165, 1.54) is 43.4 Å². The molecule has 0 saturated heterocycles. The lowest BCUT2D eigenvalue weighted by molar-refractivity contribution is 1.50. The van der Waals surface area contributed by atoms with E-state index in [9.17, 15) is 0 Å². The summed E-state index contributed by atoms with van der Waals surface area (Å²) in [5.41, 5.74) is 2.63. The summed E-state index contributed by atoms with van der Waals surface area (Å²) in [6.45, 7) is 16.3. The number of fused-ring (bicyclic) bond motifs is 5. The lowest BCUT2D eigenvalue weighted by atomic mass is 9.96. The molecule has 0 unspecified atom stereocenters. The molecule has 0 aliphatic heterocycles. The average molecular weight is 347 g/mol. The topological polar surface area (TPSA) is 0 Å². The van der Waals surface area contributed by atoms with E-state index in [0.29, 0.717) is 0 Å². The monoisotopic (exact) mass is 346 g/mol. The van der Waals surface area contributed by atoms with Gasteiger partial charge in [0.05, 0.1) is 0 Å². The van der Waals surface area contributed by atoms with Gasteiger partial charge in [0.15, 0.2) is 0 Å². The molecule has 138 valence electrons. The maximum absolute atomic E-state index is 2.26. The highest BCUT2D eigenvalue weighted by molar-refractivity contribution is 6.17. The van der Waals surface area contributed by atoms with Gasteiger partial charge in [0.1, 0.15) is 0 Å². The Hall–Kier alpha value is -2.34. The van der Waals surface area contributed by atoms with Crippen molar-refractivity contribution in [3.8, 4) is 0 Å². The van der Waals surface area contributed by atoms with Gasteiger partial charge >= 0.3 is 0 Å². The van der Waals surface area contributed by atoms with Crippen LogP contribution in [0.1, 0.15) is 52.7 Å². The van der Waals surface area contributed by atoms with Gasteiger partial charge in [0.2, 0.25) is 0 Å². The molecule has 0 aliphatic carbocycles. The van der Waals surface area contributed by atoms with E-state index in [4.69, 9.17) is 0 Å². The molecule has 26 heavy (non-hydrogen) atoms. The van der Waals surface area contributed by atoms with Crippen LogP contribution in [0.25, 0.3) is 32.3 Å². The number of benzene rings is 4. The van der Waals surface area contributed by atoms with Crippen LogP contribution in [0.5, 0.6) is 0 Å². The minimum absolute atomic E-state index is 1.31. The Bertz CT molecular complexity index is 881. The predicted octanol–water partition coefficient (Wildman–Crippen LogP) is 8.84. The second-order valence-corrected chi connectivity index (χ2v) is 5.68. The molecule has 0 fully saturated rings. The van der Waals surface area contributed by atoms with Crippen molar-refractivity contribution in [1.82, 2.24) is 0 Å². The van der Waals surface area contributed by atoms with Crippen molar-refractivity contribution in [2.75, 3.05) is 0 Å². The summed E-state index contributed by atoms with van der Waals surface area (Å²) in [4.78, 5) is 0. The highest BCUT2D eigenvalue weighted by Gasteiger charge is 2.04. The second-order valence-electron chi connectivity index (χ2n) is 5.68. The largest absolute Gasteiger partial charge is 0.0683 e. The van der Waals surface area contributed by atoms with E-state index in [0.717, 1.165) is 0 Å². The van der Waals surface area contributed by atoms with Gasteiger partial charge in [-0.25, -0.2) is 0 Å². The van der Waals surface area contributed by atoms with Crippen LogP contribution in [0.4, 0.5) is 0 Å². The van der Waals surface area contributed by atoms with Gasteiger partial charge in [0, 0.05) is 0 Å². The van der Waals surface area contributed by atoms with Crippen molar-refractivity contribution < 1.29 is 0 Å². The normalized spacial score (nSPS) is 9.54. The molecule has 0 nitrogen and oxygen atoms in total. The predicted molar refractivity (Wildman–Crippen MR) is 122 cm³/mol. The molecule has 0 heterocycles. The smallest absolute Gasteiger partial charge is 0.00990 e. The molecule has 0 radical (unpaired) electrons. The minimum atomic E-state index is 1.31. The molecule has 0 amide bonds. The number of rotatable bonds is 0. The second kappa shape index (κ2) is 10.6. The Morgan fingerprint density at radius 3 is 1.04 bits per heavy atom. The quantitative estimate of drug-likeness (QED) is 0.279. The Kier molecular flexibility index (Phi) is 8.85. The molecule has 0 heteroatoms. The van der Waals surface area contributed by atoms with Gasteiger partial charge in [-0.2, -0.15) is 0 Å². The summed E-state index contributed by atoms with van der Waals surface area (Å²) in [5.74, 6) is 0. The van der Waals surface area contributed by atoms with E-state index in [2.05, 4.69) is 74.5 Å². The molecule has 4 aromatic carbocycles. The molecule has 4 rings (SSSR count). The maximum atomic E-state index is 2.26. The molecule has 4 aromatic rings. The van der Waals surface area contributed by atoms with Gasteiger partial charge < -0.3 is 0 Å². The van der Waals surface area contributed by atoms with Crippen LogP contribution < -0.4 is 0 Å². The Morgan fingerprint density at radius 2 is 0.692 bits per heavy atom. The van der Waals surface area contributed by atoms with Crippen molar-refractivity contribution in [3.63, 3.8) is 0 Å². The third-order valence-corrected chi connectivity index (χ3v) is 4.14. The summed E-state index contributed by atoms with van der Waals surface area (Å²) < 4.78 is 0. The molecular formula is C26H34. The Labute approximate surface area is 159 Å². The summed E-state index contributed by atoms with van der Waals surface area (Å²) in [7, 11) is 0. The third-order valence-electron chi connectivity index (χ3n) is 4.14. The van der Waals surface area contributed by atoms with Gasteiger partial charge in [-0.3, -0.25) is 0 Å². The zero-order chi connectivity index (χ0) is 19.7. The standard InChI is InChI=1S/C20H16.3C2H6/c1-13-3-7-17-15(11-13)5-9-20-18-8-4-14(2)12-16(18)6-10-19(17)20;3*1-2/h3-12H,1-2H3;3*1-2H3. The molecule has 0 atom stereocenters. The van der Waals surface area contributed by atoms with E-state index >= 15 is 0 Å². The lowest BCUT2D eigenvalue weighted by Crippen LogP contribution is -1.82. The van der Waals surface area contributed by atoms with Crippen molar-refractivity contribution >= 4 is 32.3 Å². The Morgan fingerprint density at radius 1 is 0.385 bits per heavy atom. The fourth-order valence-corrected chi connectivity index (χ4v) is 3.13. The van der Waals surface area contributed by atoms with Gasteiger partial charge in [-0.05, 0) is 46.2 Å². The van der Waals surface area contributed by atoms with Crippen LogP contribution in [-0.4, -0.2) is 0 Å². The van der Waals surface area contributed by atoms with Crippen LogP contribution in [0.3, 0.4) is 0 Å². The maximum Gasteiger partial charge on any atom is -0.00990 e.